The lowest BCUT2D eigenvalue weighted by Crippen LogP contribution is -2.41. The van der Waals surface area contributed by atoms with Gasteiger partial charge in [0, 0.05) is 18.7 Å². The lowest BCUT2D eigenvalue weighted by atomic mass is 9.98. The van der Waals surface area contributed by atoms with E-state index in [4.69, 9.17) is 5.11 Å². The van der Waals surface area contributed by atoms with E-state index < -0.39 is 17.9 Å². The number of carbonyl (C=O) groups excluding carboxylic acids is 1. The summed E-state index contributed by atoms with van der Waals surface area (Å²) in [7, 11) is 0. The van der Waals surface area contributed by atoms with E-state index in [-0.39, 0.29) is 12.2 Å². The minimum absolute atomic E-state index is 0.107. The average molecular weight is 275 g/mol. The molecule has 0 heterocycles. The molecule has 2 rings (SSSR count). The first-order valence-corrected chi connectivity index (χ1v) is 6.15. The van der Waals surface area contributed by atoms with Gasteiger partial charge >= 0.3 is 5.97 Å². The van der Waals surface area contributed by atoms with Crippen LogP contribution in [-0.4, -0.2) is 23.0 Å². The van der Waals surface area contributed by atoms with Gasteiger partial charge in [0.2, 0.25) is 5.91 Å². The second kappa shape index (κ2) is 5.69. The van der Waals surface area contributed by atoms with Gasteiger partial charge in [0.15, 0.2) is 0 Å². The molecule has 1 amide bonds. The molecular weight excluding hydrogens is 261 g/mol. The highest BCUT2D eigenvalue weighted by molar-refractivity contribution is 5.88. The Balaban J connectivity index is 2.40. The first-order chi connectivity index (χ1) is 9.49. The van der Waals surface area contributed by atoms with Crippen LogP contribution < -0.4 is 5.32 Å². The number of rotatable bonds is 4. The van der Waals surface area contributed by atoms with Crippen molar-refractivity contribution >= 4 is 22.6 Å². The second-order valence-corrected chi connectivity index (χ2v) is 4.55. The minimum atomic E-state index is -1.12. The van der Waals surface area contributed by atoms with Crippen LogP contribution in [0.5, 0.6) is 0 Å². The number of aliphatic carboxylic acids is 1. The van der Waals surface area contributed by atoms with Crippen molar-refractivity contribution < 1.29 is 19.1 Å². The molecule has 2 aromatic carbocycles. The van der Waals surface area contributed by atoms with Crippen molar-refractivity contribution in [1.82, 2.24) is 5.32 Å². The summed E-state index contributed by atoms with van der Waals surface area (Å²) in [5, 5.41) is 12.6. The number of hydrogen-bond acceptors (Lipinski definition) is 2. The molecule has 0 bridgehead atoms. The number of benzene rings is 2. The van der Waals surface area contributed by atoms with Crippen molar-refractivity contribution in [2.75, 3.05) is 0 Å². The normalized spacial score (nSPS) is 12.1. The Morgan fingerprint density at radius 2 is 1.85 bits per heavy atom. The van der Waals surface area contributed by atoms with E-state index >= 15 is 0 Å². The number of carboxylic acid groups (broad SMARTS) is 1. The summed E-state index contributed by atoms with van der Waals surface area (Å²) in [6.45, 7) is 1.26. The molecule has 0 unspecified atom stereocenters. The van der Waals surface area contributed by atoms with Gasteiger partial charge in [-0.1, -0.05) is 30.3 Å². The molecule has 0 aliphatic rings. The SMILES string of the molecule is CC(=O)N[C@H](Cc1ccc(F)c2ccccc12)C(=O)O. The number of carboxylic acids is 1. The van der Waals surface area contributed by atoms with Crippen LogP contribution in [0.2, 0.25) is 0 Å². The maximum atomic E-state index is 13.7. The molecule has 2 aromatic rings. The highest BCUT2D eigenvalue weighted by Crippen LogP contribution is 2.22. The molecular formula is C15H14FNO3. The number of amides is 1. The maximum Gasteiger partial charge on any atom is 0.326 e. The van der Waals surface area contributed by atoms with Gasteiger partial charge in [-0.2, -0.15) is 0 Å². The summed E-state index contributed by atoms with van der Waals surface area (Å²) in [6.07, 6.45) is 0.107. The average Bonchev–Trinajstić information content (AvgIpc) is 2.40. The first kappa shape index (κ1) is 14.0. The van der Waals surface area contributed by atoms with E-state index in [0.717, 1.165) is 0 Å². The fraction of sp³-hybridized carbons (Fsp3) is 0.200. The van der Waals surface area contributed by atoms with Gasteiger partial charge in [-0.25, -0.2) is 9.18 Å². The lowest BCUT2D eigenvalue weighted by Gasteiger charge is -2.15. The lowest BCUT2D eigenvalue weighted by molar-refractivity contribution is -0.141. The minimum Gasteiger partial charge on any atom is -0.480 e. The van der Waals surface area contributed by atoms with Crippen molar-refractivity contribution in [3.63, 3.8) is 0 Å². The topological polar surface area (TPSA) is 66.4 Å². The highest BCUT2D eigenvalue weighted by atomic mass is 19.1. The molecule has 0 saturated heterocycles. The van der Waals surface area contributed by atoms with Crippen molar-refractivity contribution in [3.05, 3.63) is 47.8 Å². The van der Waals surface area contributed by atoms with Gasteiger partial charge in [-0.05, 0) is 17.0 Å². The van der Waals surface area contributed by atoms with Crippen molar-refractivity contribution in [1.29, 1.82) is 0 Å². The summed E-state index contributed by atoms with van der Waals surface area (Å²) in [6, 6.07) is 8.70. The molecule has 4 nitrogen and oxygen atoms in total. The quantitative estimate of drug-likeness (QED) is 0.898. The standard InChI is InChI=1S/C15H14FNO3/c1-9(18)17-14(15(19)20)8-10-6-7-13(16)12-5-3-2-4-11(10)12/h2-7,14H,8H2,1H3,(H,17,18)(H,19,20)/t14-/m1/s1. The Kier molecular flexibility index (Phi) is 3.98. The maximum absolute atomic E-state index is 13.7. The van der Waals surface area contributed by atoms with E-state index in [9.17, 15) is 14.0 Å². The highest BCUT2D eigenvalue weighted by Gasteiger charge is 2.20. The van der Waals surface area contributed by atoms with Crippen molar-refractivity contribution in [3.8, 4) is 0 Å². The summed E-state index contributed by atoms with van der Waals surface area (Å²) in [5.41, 5.74) is 0.683. The summed E-state index contributed by atoms with van der Waals surface area (Å²) >= 11 is 0. The zero-order chi connectivity index (χ0) is 14.7. The van der Waals surface area contributed by atoms with E-state index in [1.807, 2.05) is 0 Å². The smallest absolute Gasteiger partial charge is 0.326 e. The van der Waals surface area contributed by atoms with Crippen LogP contribution in [0.3, 0.4) is 0 Å². The molecule has 0 spiro atoms. The molecule has 0 aliphatic heterocycles. The van der Waals surface area contributed by atoms with E-state index in [2.05, 4.69) is 5.32 Å². The Labute approximate surface area is 115 Å². The van der Waals surface area contributed by atoms with Crippen LogP contribution in [0.25, 0.3) is 10.8 Å². The Hall–Kier alpha value is -2.43. The monoisotopic (exact) mass is 275 g/mol. The fourth-order valence-electron chi connectivity index (χ4n) is 2.17. The predicted molar refractivity (Wildman–Crippen MR) is 72.9 cm³/mol. The summed E-state index contributed by atoms with van der Waals surface area (Å²) < 4.78 is 13.7. The van der Waals surface area contributed by atoms with Gasteiger partial charge in [0.25, 0.3) is 0 Å². The van der Waals surface area contributed by atoms with Gasteiger partial charge < -0.3 is 10.4 Å². The molecule has 0 aromatic heterocycles. The van der Waals surface area contributed by atoms with Gasteiger partial charge in [-0.15, -0.1) is 0 Å². The summed E-state index contributed by atoms with van der Waals surface area (Å²) in [4.78, 5) is 22.2. The van der Waals surface area contributed by atoms with Gasteiger partial charge in [0.05, 0.1) is 0 Å². The van der Waals surface area contributed by atoms with Crippen LogP contribution in [0.15, 0.2) is 36.4 Å². The first-order valence-electron chi connectivity index (χ1n) is 6.15. The molecule has 1 atom stereocenters. The molecule has 0 saturated carbocycles. The zero-order valence-electron chi connectivity index (χ0n) is 10.9. The molecule has 0 aliphatic carbocycles. The van der Waals surface area contributed by atoms with Crippen LogP contribution >= 0.6 is 0 Å². The van der Waals surface area contributed by atoms with Gasteiger partial charge in [-0.3, -0.25) is 4.79 Å². The fourth-order valence-corrected chi connectivity index (χ4v) is 2.17. The molecule has 0 radical (unpaired) electrons. The van der Waals surface area contributed by atoms with E-state index in [1.165, 1.54) is 13.0 Å². The van der Waals surface area contributed by atoms with E-state index in [0.29, 0.717) is 16.3 Å². The predicted octanol–water partition coefficient (Wildman–Crippen LogP) is 2.11. The summed E-state index contributed by atoms with van der Waals surface area (Å²) in [5.74, 6) is -1.88. The number of carbonyl (C=O) groups is 2. The number of fused-ring (bicyclic) bond motifs is 1. The third kappa shape index (κ3) is 2.93. The molecule has 20 heavy (non-hydrogen) atoms. The van der Waals surface area contributed by atoms with E-state index in [1.54, 1.807) is 30.3 Å². The Morgan fingerprint density at radius 3 is 2.45 bits per heavy atom. The number of hydrogen-bond donors (Lipinski definition) is 2. The Bertz CT molecular complexity index is 669. The second-order valence-electron chi connectivity index (χ2n) is 4.55. The van der Waals surface area contributed by atoms with Crippen LogP contribution in [0, 0.1) is 5.82 Å². The molecule has 0 fully saturated rings. The third-order valence-electron chi connectivity index (χ3n) is 3.06. The molecule has 104 valence electrons. The molecule has 5 heteroatoms. The van der Waals surface area contributed by atoms with Crippen molar-refractivity contribution in [2.24, 2.45) is 0 Å². The van der Waals surface area contributed by atoms with Crippen molar-refractivity contribution in [2.45, 2.75) is 19.4 Å². The number of halogens is 1. The van der Waals surface area contributed by atoms with Gasteiger partial charge in [0.1, 0.15) is 11.9 Å². The van der Waals surface area contributed by atoms with Crippen LogP contribution in [0.1, 0.15) is 12.5 Å². The molecule has 2 N–H and O–H groups in total. The van der Waals surface area contributed by atoms with Crippen LogP contribution in [-0.2, 0) is 16.0 Å². The van der Waals surface area contributed by atoms with Crippen LogP contribution in [0.4, 0.5) is 4.39 Å². The third-order valence-corrected chi connectivity index (χ3v) is 3.06. The largest absolute Gasteiger partial charge is 0.480 e. The Morgan fingerprint density at radius 1 is 1.20 bits per heavy atom. The number of nitrogens with one attached hydrogen (secondary N) is 1. The zero-order valence-corrected chi connectivity index (χ0v) is 10.9.